The van der Waals surface area contributed by atoms with Crippen LogP contribution in [0.1, 0.15) is 74.1 Å². The molecule has 0 saturated carbocycles. The van der Waals surface area contributed by atoms with Crippen molar-refractivity contribution in [3.63, 3.8) is 0 Å². The van der Waals surface area contributed by atoms with E-state index < -0.39 is 107 Å². The molecule has 11 atom stereocenters. The Bertz CT molecular complexity index is 2580. The molecule has 3 heterocycles. The van der Waals surface area contributed by atoms with Crippen molar-refractivity contribution < 1.29 is 71.0 Å². The van der Waals surface area contributed by atoms with Crippen LogP contribution in [0.25, 0.3) is 0 Å². The van der Waals surface area contributed by atoms with E-state index in [9.17, 15) is 19.2 Å². The van der Waals surface area contributed by atoms with Crippen molar-refractivity contribution in [3.8, 4) is 0 Å². The molecule has 0 spiro atoms. The summed E-state index contributed by atoms with van der Waals surface area (Å²) in [5, 5.41) is -0.331. The van der Waals surface area contributed by atoms with Crippen LogP contribution >= 0.6 is 0 Å². The summed E-state index contributed by atoms with van der Waals surface area (Å²) in [6.07, 6.45) is -12.4. The van der Waals surface area contributed by atoms with Crippen LogP contribution in [0.3, 0.4) is 0 Å². The van der Waals surface area contributed by atoms with Gasteiger partial charge >= 0.3 is 23.9 Å². The van der Waals surface area contributed by atoms with Gasteiger partial charge in [0, 0.05) is 5.56 Å². The summed E-state index contributed by atoms with van der Waals surface area (Å²) in [5.41, 5.74) is 1.41. The SMILES string of the molecule is C=CCO[C@H]1O[C@@H]2COC(c3ccccc3)O[C@H]2[C@H](O[Si](C)(C)C(C)(C)C)[C@H]1O[C@@H]1O[C@H](COC(=O)c2ccccc2)[C@H](OC(=O)c2ccccc2)[C@H](OC(=O)c2ccccc2)[C@H]1OC(=O)c1ccccc1. The van der Waals surface area contributed by atoms with Crippen molar-refractivity contribution in [2.45, 2.75) is 107 Å². The fourth-order valence-corrected chi connectivity index (χ4v) is 9.51. The fourth-order valence-electron chi connectivity index (χ4n) is 8.21. The fraction of sp³-hybridized carbons (Fsp3) is 0.357. The first kappa shape index (κ1) is 52.0. The molecule has 5 aromatic rings. The molecular formula is C56H60O15Si. The molecule has 378 valence electrons. The number of carbonyl (C=O) groups is 4. The van der Waals surface area contributed by atoms with Crippen molar-refractivity contribution in [1.82, 2.24) is 0 Å². The van der Waals surface area contributed by atoms with Crippen molar-refractivity contribution in [3.05, 3.63) is 192 Å². The molecule has 72 heavy (non-hydrogen) atoms. The van der Waals surface area contributed by atoms with Gasteiger partial charge in [0.25, 0.3) is 0 Å². The molecular weight excluding hydrogens is 941 g/mol. The minimum absolute atomic E-state index is 0.00785. The Labute approximate surface area is 420 Å². The summed E-state index contributed by atoms with van der Waals surface area (Å²) in [4.78, 5) is 56.7. The second-order valence-electron chi connectivity index (χ2n) is 19.0. The molecule has 5 aromatic carbocycles. The monoisotopic (exact) mass is 1000 g/mol. The highest BCUT2D eigenvalue weighted by Crippen LogP contribution is 2.44. The summed E-state index contributed by atoms with van der Waals surface area (Å²) >= 11 is 0. The van der Waals surface area contributed by atoms with Crippen molar-refractivity contribution >= 4 is 32.2 Å². The molecule has 3 saturated heterocycles. The molecule has 1 unspecified atom stereocenters. The maximum Gasteiger partial charge on any atom is 0.338 e. The second-order valence-corrected chi connectivity index (χ2v) is 23.8. The van der Waals surface area contributed by atoms with Gasteiger partial charge in [0.05, 0.1) is 35.5 Å². The van der Waals surface area contributed by atoms with Crippen molar-refractivity contribution in [2.24, 2.45) is 0 Å². The van der Waals surface area contributed by atoms with Crippen LogP contribution in [0, 0.1) is 0 Å². The number of carbonyl (C=O) groups excluding carboxylic acids is 4. The van der Waals surface area contributed by atoms with E-state index >= 15 is 0 Å². The third kappa shape index (κ3) is 12.5. The molecule has 8 rings (SSSR count). The molecule has 3 aliphatic heterocycles. The van der Waals surface area contributed by atoms with Crippen LogP contribution in [0.4, 0.5) is 0 Å². The minimum atomic E-state index is -2.77. The van der Waals surface area contributed by atoms with Gasteiger partial charge in [-0.25, -0.2) is 19.2 Å². The number of fused-ring (bicyclic) bond motifs is 1. The Kier molecular flexibility index (Phi) is 16.9. The average molecular weight is 1000 g/mol. The molecule has 0 amide bonds. The van der Waals surface area contributed by atoms with Gasteiger partial charge in [0.2, 0.25) is 0 Å². The first-order valence-corrected chi connectivity index (χ1v) is 26.8. The quantitative estimate of drug-likeness (QED) is 0.0374. The van der Waals surface area contributed by atoms with Crippen LogP contribution in [0.5, 0.6) is 0 Å². The zero-order valence-electron chi connectivity index (χ0n) is 40.8. The standard InChI is InChI=1S/C56H60O15Si/c1-7-33-61-54-48(46(71-72(5,6)56(2,3)4)44-42(64-54)35-63-53(69-44)40-31-21-12-22-32-40)70-55-47(68-52(60)39-29-19-11-20-30-39)45(67-51(59)38-27-17-10-18-28-38)43(66-50(58)37-25-15-9-16-26-37)41(65-55)34-62-49(57)36-23-13-8-14-24-36/h7-32,41-48,53-55H,1,33-35H2,2-6H3/t41-,42-,43+,44-,45+,46+,47-,48-,53?,54+,55+/m1/s1. The highest BCUT2D eigenvalue weighted by atomic mass is 28.4. The zero-order valence-corrected chi connectivity index (χ0v) is 41.8. The number of benzene rings is 5. The van der Waals surface area contributed by atoms with E-state index in [4.69, 9.17) is 51.8 Å². The molecule has 0 bridgehead atoms. The van der Waals surface area contributed by atoms with Gasteiger partial charge in [-0.05, 0) is 66.7 Å². The van der Waals surface area contributed by atoms with Crippen molar-refractivity contribution in [2.75, 3.05) is 19.8 Å². The van der Waals surface area contributed by atoms with Crippen LogP contribution < -0.4 is 0 Å². The lowest BCUT2D eigenvalue weighted by atomic mass is 9.95. The Hall–Kier alpha value is -6.34. The Morgan fingerprint density at radius 2 is 1.06 bits per heavy atom. The number of esters is 4. The third-order valence-electron chi connectivity index (χ3n) is 13.0. The van der Waals surface area contributed by atoms with Crippen LogP contribution in [-0.4, -0.2) is 113 Å². The maximum absolute atomic E-state index is 14.4. The summed E-state index contributed by atoms with van der Waals surface area (Å²) in [6.45, 7) is 13.9. The normalized spacial score (nSPS) is 26.3. The van der Waals surface area contributed by atoms with Gasteiger partial charge in [-0.2, -0.15) is 0 Å². The Morgan fingerprint density at radius 3 is 1.56 bits per heavy atom. The zero-order chi connectivity index (χ0) is 50.8. The van der Waals surface area contributed by atoms with Gasteiger partial charge < -0.3 is 51.8 Å². The van der Waals surface area contributed by atoms with E-state index in [1.165, 1.54) is 0 Å². The molecule has 15 nitrogen and oxygen atoms in total. The molecule has 0 radical (unpaired) electrons. The van der Waals surface area contributed by atoms with E-state index in [1.807, 2.05) is 30.3 Å². The number of hydrogen-bond donors (Lipinski definition) is 0. The average Bonchev–Trinajstić information content (AvgIpc) is 3.40. The molecule has 16 heteroatoms. The first-order chi connectivity index (χ1) is 34.7. The Morgan fingerprint density at radius 1 is 0.583 bits per heavy atom. The lowest BCUT2D eigenvalue weighted by molar-refractivity contribution is -0.389. The van der Waals surface area contributed by atoms with Gasteiger partial charge in [0.15, 0.2) is 45.5 Å². The van der Waals surface area contributed by atoms with Crippen LogP contribution in [-0.2, 0) is 51.8 Å². The van der Waals surface area contributed by atoms with Crippen LogP contribution in [0.15, 0.2) is 164 Å². The maximum atomic E-state index is 14.4. The number of rotatable bonds is 17. The highest BCUT2D eigenvalue weighted by molar-refractivity contribution is 6.74. The van der Waals surface area contributed by atoms with Gasteiger partial charge in [-0.3, -0.25) is 0 Å². The predicted octanol–water partition coefficient (Wildman–Crippen LogP) is 9.06. The first-order valence-electron chi connectivity index (χ1n) is 23.9. The number of hydrogen-bond acceptors (Lipinski definition) is 15. The van der Waals surface area contributed by atoms with Crippen LogP contribution in [0.2, 0.25) is 18.1 Å². The lowest BCUT2D eigenvalue weighted by Crippen LogP contribution is -2.69. The predicted molar refractivity (Wildman–Crippen MR) is 264 cm³/mol. The summed E-state index contributed by atoms with van der Waals surface area (Å²) in [7, 11) is -2.77. The summed E-state index contributed by atoms with van der Waals surface area (Å²) < 4.78 is 72.3. The van der Waals surface area contributed by atoms with E-state index in [2.05, 4.69) is 40.4 Å². The summed E-state index contributed by atoms with van der Waals surface area (Å²) in [5.74, 6) is -3.28. The topological polar surface area (TPSA) is 170 Å². The minimum Gasteiger partial charge on any atom is -0.459 e. The van der Waals surface area contributed by atoms with E-state index in [1.54, 1.807) is 127 Å². The lowest BCUT2D eigenvalue weighted by Gasteiger charge is -2.53. The van der Waals surface area contributed by atoms with Gasteiger partial charge in [-0.15, -0.1) is 6.58 Å². The van der Waals surface area contributed by atoms with Gasteiger partial charge in [-0.1, -0.05) is 130 Å². The van der Waals surface area contributed by atoms with Gasteiger partial charge in [0.1, 0.15) is 37.1 Å². The van der Waals surface area contributed by atoms with E-state index in [-0.39, 0.29) is 40.5 Å². The second kappa shape index (κ2) is 23.5. The smallest absolute Gasteiger partial charge is 0.338 e. The Balaban J connectivity index is 1.26. The molecule has 0 N–H and O–H groups in total. The number of ether oxygens (including phenoxy) is 10. The summed E-state index contributed by atoms with van der Waals surface area (Å²) in [6, 6.07) is 42.1. The highest BCUT2D eigenvalue weighted by Gasteiger charge is 2.59. The van der Waals surface area contributed by atoms with E-state index in [0.29, 0.717) is 0 Å². The molecule has 0 aromatic heterocycles. The largest absolute Gasteiger partial charge is 0.459 e. The van der Waals surface area contributed by atoms with E-state index in [0.717, 1.165) is 5.56 Å². The molecule has 0 aliphatic carbocycles. The molecule has 3 aliphatic rings. The molecule has 3 fully saturated rings. The third-order valence-corrected chi connectivity index (χ3v) is 17.5. The van der Waals surface area contributed by atoms with Crippen molar-refractivity contribution in [1.29, 1.82) is 0 Å².